The number of hydrogen-bond acceptors (Lipinski definition) is 5. The van der Waals surface area contributed by atoms with Gasteiger partial charge < -0.3 is 10.2 Å². The standard InChI is InChI=1S/C22H25N3O3S2/c1-16-6-4-5-7-20(16)24-30(27,28)19-10-8-17(9-11-19)22(26)23-14-21(25(2)3)18-12-13-29-15-18/h4-13,15,21,24H,14H2,1-3H3,(H,23,26). The van der Waals surface area contributed by atoms with Gasteiger partial charge >= 0.3 is 0 Å². The Labute approximate surface area is 181 Å². The van der Waals surface area contributed by atoms with Gasteiger partial charge in [-0.05, 0) is 79.3 Å². The molecular formula is C22H25N3O3S2. The van der Waals surface area contributed by atoms with Gasteiger partial charge in [0.1, 0.15) is 0 Å². The molecule has 8 heteroatoms. The maximum Gasteiger partial charge on any atom is 0.261 e. The summed E-state index contributed by atoms with van der Waals surface area (Å²) in [5.41, 5.74) is 2.92. The maximum absolute atomic E-state index is 12.6. The number of amides is 1. The molecule has 0 radical (unpaired) electrons. The van der Waals surface area contributed by atoms with Crippen LogP contribution >= 0.6 is 11.3 Å². The number of hydrogen-bond donors (Lipinski definition) is 2. The largest absolute Gasteiger partial charge is 0.350 e. The average Bonchev–Trinajstić information content (AvgIpc) is 3.24. The summed E-state index contributed by atoms with van der Waals surface area (Å²) in [5.74, 6) is -0.243. The summed E-state index contributed by atoms with van der Waals surface area (Å²) in [6.45, 7) is 2.29. The van der Waals surface area contributed by atoms with Crippen molar-refractivity contribution in [2.24, 2.45) is 0 Å². The number of sulfonamides is 1. The lowest BCUT2D eigenvalue weighted by atomic mass is 10.1. The van der Waals surface area contributed by atoms with Gasteiger partial charge in [0.2, 0.25) is 0 Å². The predicted octanol–water partition coefficient (Wildman–Crippen LogP) is 3.89. The molecule has 2 N–H and O–H groups in total. The van der Waals surface area contributed by atoms with Gasteiger partial charge in [-0.15, -0.1) is 0 Å². The number of nitrogens with zero attached hydrogens (tertiary/aromatic N) is 1. The number of thiophene rings is 1. The highest BCUT2D eigenvalue weighted by Gasteiger charge is 2.18. The van der Waals surface area contributed by atoms with Crippen LogP contribution in [0.1, 0.15) is 27.5 Å². The summed E-state index contributed by atoms with van der Waals surface area (Å²) in [6, 6.07) is 15.2. The molecule has 1 unspecified atom stereocenters. The van der Waals surface area contributed by atoms with Gasteiger partial charge in [0, 0.05) is 12.1 Å². The minimum Gasteiger partial charge on any atom is -0.350 e. The van der Waals surface area contributed by atoms with Crippen LogP contribution in [-0.2, 0) is 10.0 Å². The van der Waals surface area contributed by atoms with Crippen LogP contribution < -0.4 is 10.0 Å². The van der Waals surface area contributed by atoms with Crippen LogP contribution in [0.15, 0.2) is 70.3 Å². The normalized spacial score (nSPS) is 12.5. The number of nitrogens with one attached hydrogen (secondary N) is 2. The van der Waals surface area contributed by atoms with Crippen LogP contribution in [0.4, 0.5) is 5.69 Å². The number of carbonyl (C=O) groups is 1. The van der Waals surface area contributed by atoms with E-state index in [0.717, 1.165) is 11.1 Å². The third kappa shape index (κ3) is 5.27. The molecule has 158 valence electrons. The zero-order valence-electron chi connectivity index (χ0n) is 17.1. The van der Waals surface area contributed by atoms with Crippen molar-refractivity contribution in [2.75, 3.05) is 25.4 Å². The monoisotopic (exact) mass is 443 g/mol. The van der Waals surface area contributed by atoms with Crippen LogP contribution in [0.25, 0.3) is 0 Å². The van der Waals surface area contributed by atoms with Crippen LogP contribution in [-0.4, -0.2) is 39.9 Å². The Hall–Kier alpha value is -2.68. The van der Waals surface area contributed by atoms with Gasteiger partial charge in [-0.2, -0.15) is 11.3 Å². The molecule has 0 saturated heterocycles. The summed E-state index contributed by atoms with van der Waals surface area (Å²) >= 11 is 1.62. The number of para-hydroxylation sites is 1. The minimum atomic E-state index is -3.73. The first kappa shape index (κ1) is 22.0. The highest BCUT2D eigenvalue weighted by atomic mass is 32.2. The molecule has 3 rings (SSSR count). The fourth-order valence-electron chi connectivity index (χ4n) is 3.03. The smallest absolute Gasteiger partial charge is 0.261 e. The summed E-state index contributed by atoms with van der Waals surface area (Å²) in [6.07, 6.45) is 0. The van der Waals surface area contributed by atoms with E-state index >= 15 is 0 Å². The fourth-order valence-corrected chi connectivity index (χ4v) is 4.87. The maximum atomic E-state index is 12.6. The second-order valence-corrected chi connectivity index (χ2v) is 9.65. The van der Waals surface area contributed by atoms with Crippen LogP contribution in [0.3, 0.4) is 0 Å². The first-order valence-corrected chi connectivity index (χ1v) is 11.9. The van der Waals surface area contributed by atoms with E-state index in [1.807, 2.05) is 44.6 Å². The lowest BCUT2D eigenvalue weighted by Crippen LogP contribution is -2.34. The Morgan fingerprint density at radius 2 is 1.77 bits per heavy atom. The summed E-state index contributed by atoms with van der Waals surface area (Å²) in [7, 11) is 0.204. The molecule has 1 aromatic heterocycles. The molecule has 0 bridgehead atoms. The Kier molecular flexibility index (Phi) is 6.91. The van der Waals surface area contributed by atoms with Crippen molar-refractivity contribution in [3.8, 4) is 0 Å². The molecule has 0 saturated carbocycles. The van der Waals surface area contributed by atoms with Crippen molar-refractivity contribution in [3.05, 3.63) is 82.0 Å². The third-order valence-corrected chi connectivity index (χ3v) is 6.91. The van der Waals surface area contributed by atoms with E-state index in [0.29, 0.717) is 17.8 Å². The zero-order valence-corrected chi connectivity index (χ0v) is 18.8. The van der Waals surface area contributed by atoms with Gasteiger partial charge in [-0.25, -0.2) is 8.42 Å². The second-order valence-electron chi connectivity index (χ2n) is 7.19. The average molecular weight is 444 g/mol. The second kappa shape index (κ2) is 9.42. The van der Waals surface area contributed by atoms with Gasteiger partial charge in [-0.3, -0.25) is 9.52 Å². The predicted molar refractivity (Wildman–Crippen MR) is 122 cm³/mol. The minimum absolute atomic E-state index is 0.0677. The Morgan fingerprint density at radius 3 is 2.37 bits per heavy atom. The molecule has 0 spiro atoms. The quantitative estimate of drug-likeness (QED) is 0.554. The van der Waals surface area contributed by atoms with Crippen molar-refractivity contribution in [1.29, 1.82) is 0 Å². The lowest BCUT2D eigenvalue weighted by molar-refractivity contribution is 0.0942. The molecule has 2 aromatic carbocycles. The van der Waals surface area contributed by atoms with Crippen LogP contribution in [0.2, 0.25) is 0 Å². The molecule has 0 fully saturated rings. The number of rotatable bonds is 8. The molecule has 6 nitrogen and oxygen atoms in total. The van der Waals surface area contributed by atoms with Crippen molar-refractivity contribution in [3.63, 3.8) is 0 Å². The SMILES string of the molecule is Cc1ccccc1NS(=O)(=O)c1ccc(C(=O)NCC(c2ccsc2)N(C)C)cc1. The molecule has 0 aliphatic rings. The molecule has 1 atom stereocenters. The van der Waals surface area contributed by atoms with Crippen molar-refractivity contribution in [1.82, 2.24) is 10.2 Å². The number of benzene rings is 2. The summed E-state index contributed by atoms with van der Waals surface area (Å²) in [5, 5.41) is 7.01. The number of aryl methyl sites for hydroxylation is 1. The highest BCUT2D eigenvalue weighted by Crippen LogP contribution is 2.21. The van der Waals surface area contributed by atoms with Crippen molar-refractivity contribution in [2.45, 2.75) is 17.9 Å². The lowest BCUT2D eigenvalue weighted by Gasteiger charge is -2.24. The molecular weight excluding hydrogens is 418 g/mol. The molecule has 0 aliphatic carbocycles. The van der Waals surface area contributed by atoms with E-state index in [-0.39, 0.29) is 16.8 Å². The number of likely N-dealkylation sites (N-methyl/N-ethyl adjacent to an activating group) is 1. The van der Waals surface area contributed by atoms with Crippen LogP contribution in [0, 0.1) is 6.92 Å². The Bertz CT molecular complexity index is 1090. The van der Waals surface area contributed by atoms with E-state index in [1.54, 1.807) is 23.5 Å². The Morgan fingerprint density at radius 1 is 1.07 bits per heavy atom. The van der Waals surface area contributed by atoms with Crippen molar-refractivity contribution >= 4 is 33.0 Å². The first-order chi connectivity index (χ1) is 14.3. The molecule has 3 aromatic rings. The van der Waals surface area contributed by atoms with Gasteiger partial charge in [0.25, 0.3) is 15.9 Å². The van der Waals surface area contributed by atoms with E-state index in [9.17, 15) is 13.2 Å². The van der Waals surface area contributed by atoms with Gasteiger partial charge in [-0.1, -0.05) is 18.2 Å². The van der Waals surface area contributed by atoms with E-state index < -0.39 is 10.0 Å². The fraction of sp³-hybridized carbons (Fsp3) is 0.227. The van der Waals surface area contributed by atoms with Gasteiger partial charge in [0.15, 0.2) is 0 Å². The molecule has 0 aliphatic heterocycles. The first-order valence-electron chi connectivity index (χ1n) is 9.43. The summed E-state index contributed by atoms with van der Waals surface area (Å²) in [4.78, 5) is 14.7. The topological polar surface area (TPSA) is 78.5 Å². The molecule has 1 heterocycles. The van der Waals surface area contributed by atoms with E-state index in [4.69, 9.17) is 0 Å². The highest BCUT2D eigenvalue weighted by molar-refractivity contribution is 7.92. The van der Waals surface area contributed by atoms with E-state index in [2.05, 4.69) is 20.3 Å². The van der Waals surface area contributed by atoms with Crippen LogP contribution in [0.5, 0.6) is 0 Å². The Balaban J connectivity index is 1.67. The number of carbonyl (C=O) groups excluding carboxylic acids is 1. The van der Waals surface area contributed by atoms with E-state index in [1.165, 1.54) is 24.3 Å². The molecule has 30 heavy (non-hydrogen) atoms. The number of anilines is 1. The van der Waals surface area contributed by atoms with Crippen molar-refractivity contribution < 1.29 is 13.2 Å². The third-order valence-electron chi connectivity index (χ3n) is 4.82. The van der Waals surface area contributed by atoms with Gasteiger partial charge in [0.05, 0.1) is 16.6 Å². The molecule has 1 amide bonds. The summed E-state index contributed by atoms with van der Waals surface area (Å²) < 4.78 is 27.9. The zero-order chi connectivity index (χ0) is 21.7.